The van der Waals surface area contributed by atoms with E-state index < -0.39 is 0 Å². The summed E-state index contributed by atoms with van der Waals surface area (Å²) < 4.78 is 23.0. The van der Waals surface area contributed by atoms with Gasteiger partial charge in [0.15, 0.2) is 11.5 Å². The molecule has 2 aromatic rings. The quantitative estimate of drug-likeness (QED) is 0.478. The lowest BCUT2D eigenvalue weighted by Crippen LogP contribution is -2.41. The fourth-order valence-corrected chi connectivity index (χ4v) is 4.38. The summed E-state index contributed by atoms with van der Waals surface area (Å²) in [6.07, 6.45) is 4.63. The first kappa shape index (κ1) is 24.2. The topological polar surface area (TPSA) is 95.7 Å². The minimum Gasteiger partial charge on any atom is -0.490 e. The summed E-state index contributed by atoms with van der Waals surface area (Å²) in [5.41, 5.74) is 0.667. The number of rotatable bonds is 11. The van der Waals surface area contributed by atoms with Gasteiger partial charge >= 0.3 is 0 Å². The molecule has 1 fully saturated rings. The van der Waals surface area contributed by atoms with Crippen LogP contribution in [0.25, 0.3) is 11.5 Å². The average molecular weight is 464 g/mol. The molecule has 2 atom stereocenters. The maximum Gasteiger partial charge on any atom is 0.277 e. The molecule has 1 heterocycles. The minimum absolute atomic E-state index is 0.00756. The molecular formula is C23H33N3O5S. The highest BCUT2D eigenvalue weighted by Crippen LogP contribution is 2.42. The van der Waals surface area contributed by atoms with Gasteiger partial charge in [-0.15, -0.1) is 10.2 Å². The van der Waals surface area contributed by atoms with Gasteiger partial charge in [-0.05, 0) is 51.7 Å². The SMILES string of the molecule is CCOc1cc(-c2nnc(SCC(=O)NC3CCCCC3C)o2)cc(OCC)c1OCC. The van der Waals surface area contributed by atoms with Crippen LogP contribution >= 0.6 is 11.8 Å². The van der Waals surface area contributed by atoms with E-state index in [1.54, 1.807) is 12.1 Å². The second-order valence-corrected chi connectivity index (χ2v) is 8.62. The van der Waals surface area contributed by atoms with Crippen molar-refractivity contribution in [2.45, 2.75) is 64.6 Å². The van der Waals surface area contributed by atoms with Crippen LogP contribution in [0.3, 0.4) is 0 Å². The first-order valence-corrected chi connectivity index (χ1v) is 12.4. The Labute approximate surface area is 193 Å². The normalized spacial score (nSPS) is 18.2. The van der Waals surface area contributed by atoms with Crippen LogP contribution in [0, 0.1) is 5.92 Å². The van der Waals surface area contributed by atoms with Crippen LogP contribution in [-0.2, 0) is 4.79 Å². The largest absolute Gasteiger partial charge is 0.490 e. The molecule has 0 spiro atoms. The molecule has 1 saturated carbocycles. The lowest BCUT2D eigenvalue weighted by atomic mass is 9.86. The predicted molar refractivity (Wildman–Crippen MR) is 124 cm³/mol. The maximum absolute atomic E-state index is 12.4. The van der Waals surface area contributed by atoms with E-state index in [1.807, 2.05) is 20.8 Å². The summed E-state index contributed by atoms with van der Waals surface area (Å²) in [6, 6.07) is 3.86. The van der Waals surface area contributed by atoms with Crippen LogP contribution in [0.2, 0.25) is 0 Å². The average Bonchev–Trinajstić information content (AvgIpc) is 3.25. The van der Waals surface area contributed by atoms with E-state index in [0.717, 1.165) is 6.42 Å². The molecule has 9 heteroatoms. The van der Waals surface area contributed by atoms with Crippen LogP contribution in [0.5, 0.6) is 17.2 Å². The second kappa shape index (κ2) is 12.0. The van der Waals surface area contributed by atoms with Gasteiger partial charge in [-0.25, -0.2) is 0 Å². The number of benzene rings is 1. The van der Waals surface area contributed by atoms with Crippen LogP contribution in [0.4, 0.5) is 0 Å². The van der Waals surface area contributed by atoms with Crippen molar-refractivity contribution in [3.05, 3.63) is 12.1 Å². The number of carbonyl (C=O) groups is 1. The number of ether oxygens (including phenoxy) is 3. The Morgan fingerprint density at radius 1 is 1.06 bits per heavy atom. The molecule has 176 valence electrons. The smallest absolute Gasteiger partial charge is 0.277 e. The van der Waals surface area contributed by atoms with E-state index in [4.69, 9.17) is 18.6 Å². The van der Waals surface area contributed by atoms with Gasteiger partial charge in [0.2, 0.25) is 17.5 Å². The molecule has 1 N–H and O–H groups in total. The fraction of sp³-hybridized carbons (Fsp3) is 0.609. The summed E-state index contributed by atoms with van der Waals surface area (Å²) in [6.45, 7) is 9.37. The van der Waals surface area contributed by atoms with Crippen molar-refractivity contribution in [1.82, 2.24) is 15.5 Å². The summed E-state index contributed by atoms with van der Waals surface area (Å²) >= 11 is 1.23. The monoisotopic (exact) mass is 463 g/mol. The van der Waals surface area contributed by atoms with Crippen molar-refractivity contribution in [3.8, 4) is 28.7 Å². The van der Waals surface area contributed by atoms with E-state index in [0.29, 0.717) is 59.7 Å². The Kier molecular flexibility index (Phi) is 9.08. The Morgan fingerprint density at radius 2 is 1.72 bits per heavy atom. The number of hydrogen-bond donors (Lipinski definition) is 1. The molecule has 32 heavy (non-hydrogen) atoms. The molecule has 0 saturated heterocycles. The van der Waals surface area contributed by atoms with Crippen molar-refractivity contribution in [2.24, 2.45) is 5.92 Å². The predicted octanol–water partition coefficient (Wildman–Crippen LogP) is 4.72. The fourth-order valence-electron chi connectivity index (χ4n) is 3.80. The van der Waals surface area contributed by atoms with Crippen molar-refractivity contribution in [3.63, 3.8) is 0 Å². The van der Waals surface area contributed by atoms with Crippen molar-refractivity contribution >= 4 is 17.7 Å². The second-order valence-electron chi connectivity index (χ2n) is 7.70. The molecule has 0 bridgehead atoms. The number of thioether (sulfide) groups is 1. The number of nitrogens with one attached hydrogen (secondary N) is 1. The van der Waals surface area contributed by atoms with E-state index >= 15 is 0 Å². The number of aromatic nitrogens is 2. The third-order valence-electron chi connectivity index (χ3n) is 5.35. The molecule has 2 unspecified atom stereocenters. The number of nitrogens with zero attached hydrogens (tertiary/aromatic N) is 2. The number of hydrogen-bond acceptors (Lipinski definition) is 8. The van der Waals surface area contributed by atoms with Gasteiger partial charge in [0, 0.05) is 11.6 Å². The lowest BCUT2D eigenvalue weighted by molar-refractivity contribution is -0.119. The van der Waals surface area contributed by atoms with Gasteiger partial charge in [0.25, 0.3) is 5.22 Å². The summed E-state index contributed by atoms with van der Waals surface area (Å²) in [5.74, 6) is 2.76. The highest BCUT2D eigenvalue weighted by molar-refractivity contribution is 7.99. The molecule has 1 amide bonds. The van der Waals surface area contributed by atoms with Crippen LogP contribution in [0.1, 0.15) is 53.4 Å². The molecule has 1 aromatic heterocycles. The van der Waals surface area contributed by atoms with Crippen molar-refractivity contribution in [2.75, 3.05) is 25.6 Å². The van der Waals surface area contributed by atoms with E-state index in [2.05, 4.69) is 22.4 Å². The highest BCUT2D eigenvalue weighted by atomic mass is 32.2. The summed E-state index contributed by atoms with van der Waals surface area (Å²) in [4.78, 5) is 12.4. The molecular weight excluding hydrogens is 430 g/mol. The van der Waals surface area contributed by atoms with Crippen molar-refractivity contribution < 1.29 is 23.4 Å². The van der Waals surface area contributed by atoms with Gasteiger partial charge < -0.3 is 23.9 Å². The van der Waals surface area contributed by atoms with Crippen LogP contribution in [0.15, 0.2) is 21.8 Å². The van der Waals surface area contributed by atoms with Gasteiger partial charge in [0.05, 0.1) is 25.6 Å². The molecule has 1 aliphatic rings. The first-order chi connectivity index (χ1) is 15.5. The third-order valence-corrected chi connectivity index (χ3v) is 6.17. The van der Waals surface area contributed by atoms with Gasteiger partial charge in [-0.3, -0.25) is 4.79 Å². The zero-order valence-corrected chi connectivity index (χ0v) is 20.1. The highest BCUT2D eigenvalue weighted by Gasteiger charge is 2.23. The van der Waals surface area contributed by atoms with Crippen LogP contribution in [-0.4, -0.2) is 47.7 Å². The number of carbonyl (C=O) groups excluding carboxylic acids is 1. The first-order valence-electron chi connectivity index (χ1n) is 11.4. The van der Waals surface area contributed by atoms with E-state index in [9.17, 15) is 4.79 Å². The van der Waals surface area contributed by atoms with Gasteiger partial charge in [-0.1, -0.05) is 31.5 Å². The molecule has 0 radical (unpaired) electrons. The van der Waals surface area contributed by atoms with E-state index in [1.165, 1.54) is 31.0 Å². The summed E-state index contributed by atoms with van der Waals surface area (Å²) in [7, 11) is 0. The third kappa shape index (κ3) is 6.31. The molecule has 1 aliphatic carbocycles. The zero-order valence-electron chi connectivity index (χ0n) is 19.3. The molecule has 3 rings (SSSR count). The zero-order chi connectivity index (χ0) is 22.9. The number of amides is 1. The molecule has 8 nitrogen and oxygen atoms in total. The Hall–Kier alpha value is -2.42. The summed E-state index contributed by atoms with van der Waals surface area (Å²) in [5, 5.41) is 11.7. The van der Waals surface area contributed by atoms with Gasteiger partial charge in [-0.2, -0.15) is 0 Å². The Morgan fingerprint density at radius 3 is 2.34 bits per heavy atom. The molecule has 0 aliphatic heterocycles. The van der Waals surface area contributed by atoms with Crippen molar-refractivity contribution in [1.29, 1.82) is 0 Å². The minimum atomic E-state index is -0.00756. The maximum atomic E-state index is 12.4. The van der Waals surface area contributed by atoms with Crippen LogP contribution < -0.4 is 19.5 Å². The molecule has 1 aromatic carbocycles. The lowest BCUT2D eigenvalue weighted by Gasteiger charge is -2.29. The van der Waals surface area contributed by atoms with E-state index in [-0.39, 0.29) is 17.7 Å². The Bertz CT molecular complexity index is 861. The van der Waals surface area contributed by atoms with Gasteiger partial charge in [0.1, 0.15) is 0 Å². The Balaban J connectivity index is 1.69. The standard InChI is InChI=1S/C23H33N3O5S/c1-5-28-18-12-16(13-19(29-6-2)21(18)30-7-3)22-25-26-23(31-22)32-14-20(27)24-17-11-9-8-10-15(17)4/h12-13,15,17H,5-11,14H2,1-4H3,(H,24,27).